The number of rotatable bonds is 8. The smallest absolute Gasteiger partial charge is 0.182 e. The number of benzene rings is 1. The van der Waals surface area contributed by atoms with E-state index in [1.807, 2.05) is 27.7 Å². The molecule has 0 radical (unpaired) electrons. The SMILES string of the molecule is C=C(NCCCCC)C(C)C(C)C.CC.CCc1ccc2c(c1)nc(C)c1nnc(C)n12.NC1CCNC1. The minimum atomic E-state index is 0.435. The number of fused-ring (bicyclic) bond motifs is 3. The number of nitrogens with one attached hydrogen (secondary N) is 2. The van der Waals surface area contributed by atoms with Crippen molar-refractivity contribution in [3.63, 3.8) is 0 Å². The summed E-state index contributed by atoms with van der Waals surface area (Å²) in [4.78, 5) is 4.60. The third-order valence-electron chi connectivity index (χ3n) is 6.91. The van der Waals surface area contributed by atoms with Gasteiger partial charge in [0.15, 0.2) is 5.65 Å². The number of aryl methyl sites for hydroxylation is 3. The Labute approximate surface area is 232 Å². The van der Waals surface area contributed by atoms with Crippen LogP contribution in [0.2, 0.25) is 0 Å². The van der Waals surface area contributed by atoms with Gasteiger partial charge in [-0.15, -0.1) is 10.2 Å². The van der Waals surface area contributed by atoms with Gasteiger partial charge in [-0.3, -0.25) is 4.40 Å². The van der Waals surface area contributed by atoms with E-state index >= 15 is 0 Å². The maximum Gasteiger partial charge on any atom is 0.182 e. The number of unbranched alkanes of at least 4 members (excludes halogenated alkanes) is 2. The molecule has 1 aliphatic rings. The summed E-state index contributed by atoms with van der Waals surface area (Å²) in [6.45, 7) is 26.3. The number of allylic oxidation sites excluding steroid dienone is 1. The lowest BCUT2D eigenvalue weighted by Crippen LogP contribution is -2.21. The van der Waals surface area contributed by atoms with Gasteiger partial charge >= 0.3 is 0 Å². The second kappa shape index (κ2) is 17.9. The molecule has 4 rings (SSSR count). The Morgan fingerprint density at radius 2 is 1.87 bits per heavy atom. The summed E-state index contributed by atoms with van der Waals surface area (Å²) < 4.78 is 2.07. The van der Waals surface area contributed by atoms with Gasteiger partial charge in [-0.1, -0.05) is 74.0 Å². The molecule has 7 nitrogen and oxygen atoms in total. The van der Waals surface area contributed by atoms with E-state index in [4.69, 9.17) is 5.73 Å². The lowest BCUT2D eigenvalue weighted by atomic mass is 9.95. The first-order chi connectivity index (χ1) is 18.2. The number of hydrogen-bond donors (Lipinski definition) is 3. The molecule has 1 aromatic carbocycles. The number of hydrogen-bond acceptors (Lipinski definition) is 6. The van der Waals surface area contributed by atoms with Gasteiger partial charge in [0.25, 0.3) is 0 Å². The summed E-state index contributed by atoms with van der Waals surface area (Å²) in [6.07, 6.45) is 6.04. The van der Waals surface area contributed by atoms with E-state index < -0.39 is 0 Å². The van der Waals surface area contributed by atoms with Crippen molar-refractivity contribution in [2.45, 2.75) is 100 Å². The predicted octanol–water partition coefficient (Wildman–Crippen LogP) is 6.36. The van der Waals surface area contributed by atoms with Crippen LogP contribution < -0.4 is 16.4 Å². The minimum Gasteiger partial charge on any atom is -0.389 e. The fourth-order valence-electron chi connectivity index (χ4n) is 4.05. The van der Waals surface area contributed by atoms with Crippen LogP contribution in [-0.2, 0) is 6.42 Å². The summed E-state index contributed by atoms with van der Waals surface area (Å²) in [7, 11) is 0. The lowest BCUT2D eigenvalue weighted by molar-refractivity contribution is 0.451. The van der Waals surface area contributed by atoms with Crippen LogP contribution in [0.25, 0.3) is 16.7 Å². The second-order valence-electron chi connectivity index (χ2n) is 10.2. The van der Waals surface area contributed by atoms with Crippen LogP contribution in [0.4, 0.5) is 0 Å². The highest BCUT2D eigenvalue weighted by Gasteiger charge is 2.11. The highest BCUT2D eigenvalue weighted by Crippen LogP contribution is 2.19. The molecule has 2 aromatic heterocycles. The zero-order valence-corrected chi connectivity index (χ0v) is 25.7. The molecule has 0 spiro atoms. The lowest BCUT2D eigenvalue weighted by Gasteiger charge is -2.19. The quantitative estimate of drug-likeness (QED) is 0.296. The fraction of sp³-hybridized carbons (Fsp3) is 0.645. The molecule has 1 saturated heterocycles. The van der Waals surface area contributed by atoms with E-state index in [1.54, 1.807) is 0 Å². The van der Waals surface area contributed by atoms with E-state index in [0.717, 1.165) is 60.7 Å². The Morgan fingerprint density at radius 1 is 1.16 bits per heavy atom. The fourth-order valence-corrected chi connectivity index (χ4v) is 4.05. The van der Waals surface area contributed by atoms with Crippen LogP contribution in [0.1, 0.15) is 91.2 Å². The largest absolute Gasteiger partial charge is 0.389 e. The van der Waals surface area contributed by atoms with Gasteiger partial charge in [0.2, 0.25) is 0 Å². The monoisotopic (exact) mass is 525 g/mol. The average molecular weight is 526 g/mol. The zero-order chi connectivity index (χ0) is 28.7. The van der Waals surface area contributed by atoms with Crippen molar-refractivity contribution >= 4 is 16.7 Å². The Hall–Kier alpha value is -2.51. The predicted molar refractivity (Wildman–Crippen MR) is 165 cm³/mol. The highest BCUT2D eigenvalue weighted by molar-refractivity contribution is 5.79. The number of nitrogens with zero attached hydrogens (tertiary/aromatic N) is 4. The van der Waals surface area contributed by atoms with E-state index in [1.165, 1.54) is 30.5 Å². The minimum absolute atomic E-state index is 0.435. The van der Waals surface area contributed by atoms with Crippen molar-refractivity contribution in [2.75, 3.05) is 19.6 Å². The number of aromatic nitrogens is 4. The summed E-state index contributed by atoms with van der Waals surface area (Å²) in [5.74, 6) is 2.17. The van der Waals surface area contributed by atoms with E-state index in [0.29, 0.717) is 17.9 Å². The van der Waals surface area contributed by atoms with Crippen molar-refractivity contribution in [1.82, 2.24) is 30.2 Å². The van der Waals surface area contributed by atoms with Gasteiger partial charge in [-0.05, 0) is 69.2 Å². The van der Waals surface area contributed by atoms with Crippen LogP contribution in [0.5, 0.6) is 0 Å². The Morgan fingerprint density at radius 3 is 2.39 bits per heavy atom. The maximum absolute atomic E-state index is 5.47. The molecular formula is C31H55N7. The molecule has 7 heteroatoms. The first-order valence-corrected chi connectivity index (χ1v) is 14.7. The number of nitrogens with two attached hydrogens (primary N) is 1. The summed E-state index contributed by atoms with van der Waals surface area (Å²) in [5.41, 5.74) is 11.8. The normalized spacial score (nSPS) is 15.2. The van der Waals surface area contributed by atoms with Gasteiger partial charge in [0.1, 0.15) is 5.82 Å². The Balaban J connectivity index is 0.000000304. The third-order valence-corrected chi connectivity index (χ3v) is 6.91. The van der Waals surface area contributed by atoms with Gasteiger partial charge in [-0.25, -0.2) is 4.98 Å². The van der Waals surface area contributed by atoms with E-state index in [9.17, 15) is 0 Å². The Kier molecular flexibility index (Phi) is 15.8. The molecule has 4 N–H and O–H groups in total. The van der Waals surface area contributed by atoms with Crippen LogP contribution in [-0.4, -0.2) is 45.3 Å². The second-order valence-corrected chi connectivity index (χ2v) is 10.2. The first-order valence-electron chi connectivity index (χ1n) is 14.7. The van der Waals surface area contributed by atoms with Crippen molar-refractivity contribution in [1.29, 1.82) is 0 Å². The molecule has 2 unspecified atom stereocenters. The maximum atomic E-state index is 5.47. The van der Waals surface area contributed by atoms with Crippen LogP contribution in [0.3, 0.4) is 0 Å². The molecule has 3 aromatic rings. The van der Waals surface area contributed by atoms with Crippen LogP contribution >= 0.6 is 0 Å². The third kappa shape index (κ3) is 10.3. The van der Waals surface area contributed by atoms with Crippen LogP contribution in [0.15, 0.2) is 30.5 Å². The van der Waals surface area contributed by atoms with Crippen molar-refractivity contribution in [3.05, 3.63) is 47.6 Å². The van der Waals surface area contributed by atoms with E-state index in [2.05, 4.69) is 89.6 Å². The molecule has 0 bridgehead atoms. The topological polar surface area (TPSA) is 93.2 Å². The first kappa shape index (κ1) is 33.5. The van der Waals surface area contributed by atoms with E-state index in [-0.39, 0.29) is 0 Å². The molecule has 0 aliphatic carbocycles. The molecule has 2 atom stereocenters. The van der Waals surface area contributed by atoms with Crippen LogP contribution in [0, 0.1) is 25.7 Å². The van der Waals surface area contributed by atoms with Crippen molar-refractivity contribution in [2.24, 2.45) is 17.6 Å². The van der Waals surface area contributed by atoms with Crippen molar-refractivity contribution in [3.8, 4) is 0 Å². The molecule has 3 heterocycles. The molecule has 0 amide bonds. The average Bonchev–Trinajstić information content (AvgIpc) is 3.56. The van der Waals surface area contributed by atoms with Gasteiger partial charge < -0.3 is 16.4 Å². The molecular weight excluding hydrogens is 470 g/mol. The molecule has 1 aliphatic heterocycles. The molecule has 0 saturated carbocycles. The molecule has 38 heavy (non-hydrogen) atoms. The standard InChI is InChI=1S/C13H14N4.C12H25N.C4H10N2.C2H6/c1-4-10-5-6-12-11(7-10)14-8(2)13-16-15-9(3)17(12)13;1-6-7-8-9-13-12(5)11(4)10(2)3;5-4-1-2-6-3-4;1-2/h5-7H,4H2,1-3H3;10-11,13H,5-9H2,1-4H3;4,6H,1-3,5H2;1-2H3. The summed E-state index contributed by atoms with van der Waals surface area (Å²) in [5, 5.41) is 14.8. The summed E-state index contributed by atoms with van der Waals surface area (Å²) >= 11 is 0. The Bertz CT molecular complexity index is 1080. The molecule has 1 fully saturated rings. The highest BCUT2D eigenvalue weighted by atomic mass is 15.3. The van der Waals surface area contributed by atoms with Crippen molar-refractivity contribution < 1.29 is 0 Å². The molecule has 214 valence electrons. The summed E-state index contributed by atoms with van der Waals surface area (Å²) in [6, 6.07) is 6.81. The van der Waals surface area contributed by atoms with Gasteiger partial charge in [-0.2, -0.15) is 0 Å². The van der Waals surface area contributed by atoms with Gasteiger partial charge in [0, 0.05) is 24.8 Å². The van der Waals surface area contributed by atoms with Gasteiger partial charge in [0.05, 0.1) is 16.7 Å². The zero-order valence-electron chi connectivity index (χ0n) is 25.7.